The van der Waals surface area contributed by atoms with Crippen LogP contribution >= 0.6 is 0 Å². The monoisotopic (exact) mass is 344 g/mol. The molecule has 1 aromatic carbocycles. The van der Waals surface area contributed by atoms with Crippen molar-refractivity contribution in [3.63, 3.8) is 0 Å². The van der Waals surface area contributed by atoms with Gasteiger partial charge in [-0.1, -0.05) is 31.4 Å². The zero-order chi connectivity index (χ0) is 17.7. The van der Waals surface area contributed by atoms with Gasteiger partial charge in [0, 0.05) is 12.5 Å². The highest BCUT2D eigenvalue weighted by Gasteiger charge is 2.42. The van der Waals surface area contributed by atoms with E-state index >= 15 is 0 Å². The summed E-state index contributed by atoms with van der Waals surface area (Å²) in [6, 6.07) is 7.80. The number of hydrogen-bond donors (Lipinski definition) is 2. The van der Waals surface area contributed by atoms with Gasteiger partial charge in [-0.05, 0) is 44.7 Å². The summed E-state index contributed by atoms with van der Waals surface area (Å²) in [7, 11) is 0. The maximum atomic E-state index is 13.1. The fourth-order valence-corrected chi connectivity index (χ4v) is 3.63. The van der Waals surface area contributed by atoms with E-state index in [9.17, 15) is 9.59 Å². The molecule has 2 aliphatic rings. The van der Waals surface area contributed by atoms with E-state index < -0.39 is 5.41 Å². The fourth-order valence-electron chi connectivity index (χ4n) is 3.63. The van der Waals surface area contributed by atoms with Crippen LogP contribution in [0.3, 0.4) is 0 Å². The lowest BCUT2D eigenvalue weighted by atomic mass is 9.70. The van der Waals surface area contributed by atoms with E-state index in [2.05, 4.69) is 10.6 Å². The van der Waals surface area contributed by atoms with Crippen molar-refractivity contribution >= 4 is 17.5 Å². The Balaban J connectivity index is 1.73. The molecule has 136 valence electrons. The molecule has 0 bridgehead atoms. The molecule has 3 rings (SSSR count). The average molecular weight is 344 g/mol. The van der Waals surface area contributed by atoms with Gasteiger partial charge in [0.1, 0.15) is 5.75 Å². The van der Waals surface area contributed by atoms with Gasteiger partial charge in [0.15, 0.2) is 0 Å². The van der Waals surface area contributed by atoms with Gasteiger partial charge in [0.05, 0.1) is 17.7 Å². The van der Waals surface area contributed by atoms with Gasteiger partial charge < -0.3 is 15.4 Å². The van der Waals surface area contributed by atoms with E-state index in [0.717, 1.165) is 44.9 Å². The van der Waals surface area contributed by atoms with E-state index in [1.807, 2.05) is 31.2 Å². The van der Waals surface area contributed by atoms with Crippen LogP contribution in [-0.4, -0.2) is 24.5 Å². The second-order valence-corrected chi connectivity index (χ2v) is 7.24. The molecule has 0 radical (unpaired) electrons. The number of anilines is 1. The molecular formula is C20H28N2O3. The molecule has 1 aromatic rings. The van der Waals surface area contributed by atoms with E-state index in [-0.39, 0.29) is 18.2 Å². The normalized spacial score (nSPS) is 19.1. The molecule has 5 heteroatoms. The second kappa shape index (κ2) is 7.89. The van der Waals surface area contributed by atoms with E-state index in [4.69, 9.17) is 4.74 Å². The van der Waals surface area contributed by atoms with Crippen LogP contribution in [-0.2, 0) is 9.59 Å². The average Bonchev–Trinajstić information content (AvgIpc) is 3.41. The van der Waals surface area contributed by atoms with Crippen LogP contribution in [0.4, 0.5) is 5.69 Å². The fraction of sp³-hybridized carbons (Fsp3) is 0.600. The summed E-state index contributed by atoms with van der Waals surface area (Å²) in [6.45, 7) is 2.46. The Hall–Kier alpha value is -2.04. The zero-order valence-corrected chi connectivity index (χ0v) is 15.0. The summed E-state index contributed by atoms with van der Waals surface area (Å²) < 4.78 is 5.61. The lowest BCUT2D eigenvalue weighted by Crippen LogP contribution is -2.42. The number of rotatable bonds is 7. The van der Waals surface area contributed by atoms with Crippen molar-refractivity contribution in [1.29, 1.82) is 0 Å². The number of ether oxygens (including phenoxy) is 1. The maximum absolute atomic E-state index is 13.1. The quantitative estimate of drug-likeness (QED) is 0.793. The molecule has 0 aromatic heterocycles. The van der Waals surface area contributed by atoms with Crippen LogP contribution in [0.5, 0.6) is 5.75 Å². The third kappa shape index (κ3) is 4.53. The standard InChI is InChI=1S/C20H28N2O3/c1-2-25-17-9-5-4-8-16(17)22-19(24)20(12-6-3-7-13-20)14-18(23)21-15-10-11-15/h4-5,8-9,15H,2-3,6-7,10-14H2,1H3,(H,21,23)(H,22,24). The highest BCUT2D eigenvalue weighted by atomic mass is 16.5. The van der Waals surface area contributed by atoms with Crippen molar-refractivity contribution in [1.82, 2.24) is 5.32 Å². The van der Waals surface area contributed by atoms with Gasteiger partial charge in [0.2, 0.25) is 11.8 Å². The molecule has 0 aliphatic heterocycles. The van der Waals surface area contributed by atoms with Crippen LogP contribution in [0, 0.1) is 5.41 Å². The smallest absolute Gasteiger partial charge is 0.231 e. The van der Waals surface area contributed by atoms with E-state index in [1.54, 1.807) is 0 Å². The highest BCUT2D eigenvalue weighted by Crippen LogP contribution is 2.41. The van der Waals surface area contributed by atoms with Crippen LogP contribution < -0.4 is 15.4 Å². The van der Waals surface area contributed by atoms with Gasteiger partial charge in [-0.15, -0.1) is 0 Å². The van der Waals surface area contributed by atoms with Crippen molar-refractivity contribution in [3.05, 3.63) is 24.3 Å². The van der Waals surface area contributed by atoms with Crippen molar-refractivity contribution in [3.8, 4) is 5.75 Å². The van der Waals surface area contributed by atoms with Crippen molar-refractivity contribution < 1.29 is 14.3 Å². The largest absolute Gasteiger partial charge is 0.492 e. The third-order valence-electron chi connectivity index (χ3n) is 5.17. The predicted octanol–water partition coefficient (Wildman–Crippen LogP) is 3.64. The minimum absolute atomic E-state index is 0.0117. The Bertz CT molecular complexity index is 619. The van der Waals surface area contributed by atoms with Gasteiger partial charge in [-0.2, -0.15) is 0 Å². The zero-order valence-electron chi connectivity index (χ0n) is 15.0. The minimum Gasteiger partial charge on any atom is -0.492 e. The lowest BCUT2D eigenvalue weighted by Gasteiger charge is -2.35. The van der Waals surface area contributed by atoms with E-state index in [1.165, 1.54) is 0 Å². The number of benzene rings is 1. The number of amides is 2. The first-order valence-electron chi connectivity index (χ1n) is 9.45. The molecule has 5 nitrogen and oxygen atoms in total. The molecule has 0 heterocycles. The maximum Gasteiger partial charge on any atom is 0.231 e. The third-order valence-corrected chi connectivity index (χ3v) is 5.17. The molecule has 2 N–H and O–H groups in total. The van der Waals surface area contributed by atoms with Crippen LogP contribution in [0.1, 0.15) is 58.3 Å². The highest BCUT2D eigenvalue weighted by molar-refractivity contribution is 5.99. The molecular weight excluding hydrogens is 316 g/mol. The molecule has 0 saturated heterocycles. The molecule has 2 saturated carbocycles. The van der Waals surface area contributed by atoms with Crippen molar-refractivity contribution in [2.24, 2.45) is 5.41 Å². The van der Waals surface area contributed by atoms with Crippen molar-refractivity contribution in [2.75, 3.05) is 11.9 Å². The minimum atomic E-state index is -0.601. The number of hydrogen-bond acceptors (Lipinski definition) is 3. The first-order valence-corrected chi connectivity index (χ1v) is 9.45. The van der Waals surface area contributed by atoms with Gasteiger partial charge >= 0.3 is 0 Å². The van der Waals surface area contributed by atoms with E-state index in [0.29, 0.717) is 24.1 Å². The summed E-state index contributed by atoms with van der Waals surface area (Å²) in [5.41, 5.74) is 0.0817. The Morgan fingerprint density at radius 1 is 1.16 bits per heavy atom. The Labute approximate surface area is 149 Å². The summed E-state index contributed by atoms with van der Waals surface area (Å²) in [4.78, 5) is 25.5. The second-order valence-electron chi connectivity index (χ2n) is 7.24. The molecule has 25 heavy (non-hydrogen) atoms. The Kier molecular flexibility index (Phi) is 5.61. The molecule has 0 spiro atoms. The summed E-state index contributed by atoms with van der Waals surface area (Å²) in [5, 5.41) is 6.07. The number of carbonyl (C=O) groups excluding carboxylic acids is 2. The SMILES string of the molecule is CCOc1ccccc1NC(=O)C1(CC(=O)NC2CC2)CCCCC1. The topological polar surface area (TPSA) is 67.4 Å². The lowest BCUT2D eigenvalue weighted by molar-refractivity contribution is -0.134. The number of para-hydroxylation sites is 2. The molecule has 0 atom stereocenters. The van der Waals surface area contributed by atoms with Crippen molar-refractivity contribution in [2.45, 2.75) is 64.3 Å². The first kappa shape index (κ1) is 17.8. The summed E-state index contributed by atoms with van der Waals surface area (Å²) in [5.74, 6) is 0.634. The summed E-state index contributed by atoms with van der Waals surface area (Å²) >= 11 is 0. The van der Waals surface area contributed by atoms with Crippen LogP contribution in [0.25, 0.3) is 0 Å². The number of carbonyl (C=O) groups is 2. The summed E-state index contributed by atoms with van der Waals surface area (Å²) in [6.07, 6.45) is 7.08. The Morgan fingerprint density at radius 2 is 1.88 bits per heavy atom. The predicted molar refractivity (Wildman–Crippen MR) is 97.5 cm³/mol. The molecule has 2 amide bonds. The van der Waals surface area contributed by atoms with Gasteiger partial charge in [-0.3, -0.25) is 9.59 Å². The number of nitrogens with one attached hydrogen (secondary N) is 2. The van der Waals surface area contributed by atoms with Crippen LogP contribution in [0.15, 0.2) is 24.3 Å². The van der Waals surface area contributed by atoms with Gasteiger partial charge in [0.25, 0.3) is 0 Å². The van der Waals surface area contributed by atoms with Crippen LogP contribution in [0.2, 0.25) is 0 Å². The first-order chi connectivity index (χ1) is 12.1. The Morgan fingerprint density at radius 3 is 2.56 bits per heavy atom. The molecule has 2 aliphatic carbocycles. The molecule has 0 unspecified atom stereocenters. The molecule has 2 fully saturated rings. The van der Waals surface area contributed by atoms with Gasteiger partial charge in [-0.25, -0.2) is 0 Å².